The molecule has 10 saturated heterocycles. The molecule has 10 heterocycles. The summed E-state index contributed by atoms with van der Waals surface area (Å²) in [6, 6.07) is -3.62. The number of nitrogens with one attached hydrogen (secondary N) is 2. The summed E-state index contributed by atoms with van der Waals surface area (Å²) in [5.41, 5.74) is 0. The number of carbonyl (C=O) groups is 2. The summed E-state index contributed by atoms with van der Waals surface area (Å²) in [5, 5.41) is 337. The fourth-order valence-corrected chi connectivity index (χ4v) is 15.0. The number of ether oxygens (including phenoxy) is 19. The Morgan fingerprint density at radius 2 is 0.470 bits per heavy atom. The zero-order chi connectivity index (χ0) is 85.9. The van der Waals surface area contributed by atoms with Crippen LogP contribution in [0.1, 0.15) is 13.8 Å². The summed E-state index contributed by atoms with van der Waals surface area (Å²) in [4.78, 5) is 25.2. The molecule has 53 heteroatoms. The third kappa shape index (κ3) is 20.7. The van der Waals surface area contributed by atoms with Crippen molar-refractivity contribution in [2.45, 2.75) is 321 Å². The SMILES string of the molecule is CC(=O)N[C@@H]1[C@@H](O)[C@H](O[C@@H]2O[C@H](CO)[C@@H](O[C@@H]3O[C@H](CO[C@H]4O[C@H](CO)[C@@H](O)[C@H](O)[C@@H]4O)[C@@H](O)[C@H](O[C@H]4O[C@H](CO[C@H]5O[C@H](CO)[C@@H](O)[C@H](O)[C@@H]5O[C@H]5O[C@H](CO)[C@@H](O)[C@H](O)[C@@H]5O)[C@@H](O)[C@H](O)[C@@H]4O[C@H]4O[C@H](CO)[C@@H](O)[C@H](O)[C@@H]4O[C@H]4O[C@H](CO)[C@@H](O)[C@H](O[C@H]5O[C@H](CO)[C@@H](O)[C@H](O)[C@@H]5O)[C@@H]4O)[C@@H]3O)[C@H](O)[C@H]2NC(C)=O)[C@@H](CO)O[C@H]1O. The van der Waals surface area contributed by atoms with Crippen molar-refractivity contribution in [3.05, 3.63) is 0 Å². The molecule has 0 aromatic carbocycles. The van der Waals surface area contributed by atoms with Gasteiger partial charge in [-0.3, -0.25) is 9.59 Å². The van der Waals surface area contributed by atoms with Crippen LogP contribution in [0.5, 0.6) is 0 Å². The van der Waals surface area contributed by atoms with E-state index in [2.05, 4.69) is 10.6 Å². The Bertz CT molecular complexity index is 3050. The molecule has 10 rings (SSSR count). The average Bonchev–Trinajstić information content (AvgIpc) is 0.771. The third-order valence-electron chi connectivity index (χ3n) is 21.7. The van der Waals surface area contributed by atoms with Crippen molar-refractivity contribution in [2.24, 2.45) is 0 Å². The standard InChI is InChI=1S/C64H108N2O51/c1-13(75)65-25-35(85)48(21(9-73)101-55(25)98)111-56-26(66-14(2)76)36(86)49(22(10-74)108-56)112-61-47(97)51(34(84)24(109-61)12-99-57-43(93)37(87)27(77)15(3-67)102-57)114-64-54(42(92)32(82)23(110-64)11-100-62-52(40(90)30(80)18(6-70)106-62)115-59-45(95)39(89)29(79)17(5-69)104-59)117-63-53(41(91)31(81)19(7-71)107-63)116-60-46(96)50(33(83)20(8-72)105-60)113-58-44(94)38(88)28(78)16(4-68)103-58/h15-64,67-74,77-98H,3-12H2,1-2H3,(H,65,75)(H,66,76)/t15-,16-,17-,18-,19-,20-,21-,22-,23-,24-,25-,26-,27-,28-,29-,30-,31-,32-,33-,34-,35-,36-,37+,38+,39+,40+,41+,42+,43+,44+,45+,46+,47+,48-,49-,50+,51+,52+,53+,54+,55-,56+,57+,58-,59-,60-,61+,62+,63-,64-/m1/s1. The number of hydrogen-bond acceptors (Lipinski definition) is 51. The quantitative estimate of drug-likeness (QED) is 0.0318. The Morgan fingerprint density at radius 1 is 0.222 bits per heavy atom. The zero-order valence-corrected chi connectivity index (χ0v) is 61.9. The fraction of sp³-hybridized carbons (Fsp3) is 0.969. The van der Waals surface area contributed by atoms with Gasteiger partial charge in [-0.1, -0.05) is 0 Å². The summed E-state index contributed by atoms with van der Waals surface area (Å²) in [6.45, 7) is -9.25. The monoisotopic (exact) mass is 1720 g/mol. The van der Waals surface area contributed by atoms with Crippen LogP contribution in [0.3, 0.4) is 0 Å². The Labute approximate surface area is 660 Å². The van der Waals surface area contributed by atoms with E-state index in [1.807, 2.05) is 0 Å². The van der Waals surface area contributed by atoms with Crippen molar-refractivity contribution in [1.82, 2.24) is 10.6 Å². The minimum absolute atomic E-state index is 0.801. The van der Waals surface area contributed by atoms with Crippen molar-refractivity contribution < 1.29 is 253 Å². The number of rotatable bonds is 30. The maximum absolute atomic E-state index is 13.0. The molecule has 10 fully saturated rings. The van der Waals surface area contributed by atoms with E-state index in [1.165, 1.54) is 0 Å². The third-order valence-corrected chi connectivity index (χ3v) is 21.7. The van der Waals surface area contributed by atoms with Crippen LogP contribution in [0.2, 0.25) is 0 Å². The van der Waals surface area contributed by atoms with E-state index in [4.69, 9.17) is 90.0 Å². The summed E-state index contributed by atoms with van der Waals surface area (Å²) < 4.78 is 111. The molecule has 0 radical (unpaired) electrons. The van der Waals surface area contributed by atoms with Crippen LogP contribution in [0, 0.1) is 0 Å². The first-order chi connectivity index (χ1) is 55.4. The van der Waals surface area contributed by atoms with Crippen LogP contribution >= 0.6 is 0 Å². The molecule has 10 aliphatic rings. The fourth-order valence-electron chi connectivity index (χ4n) is 15.0. The number of aliphatic hydroxyl groups excluding tert-OH is 30. The lowest BCUT2D eigenvalue weighted by molar-refractivity contribution is -0.413. The van der Waals surface area contributed by atoms with Crippen LogP contribution in [-0.2, 0) is 99.6 Å². The molecule has 0 aromatic rings. The van der Waals surface area contributed by atoms with Gasteiger partial charge in [0.15, 0.2) is 62.9 Å². The molecular formula is C64H108N2O51. The molecule has 0 aliphatic carbocycles. The molecule has 0 unspecified atom stereocenters. The van der Waals surface area contributed by atoms with Gasteiger partial charge in [-0.05, 0) is 0 Å². The van der Waals surface area contributed by atoms with Crippen molar-refractivity contribution in [1.29, 1.82) is 0 Å². The van der Waals surface area contributed by atoms with Crippen molar-refractivity contribution in [2.75, 3.05) is 66.1 Å². The highest BCUT2D eigenvalue weighted by Gasteiger charge is 2.62. The molecule has 0 aromatic heterocycles. The van der Waals surface area contributed by atoms with E-state index in [1.54, 1.807) is 0 Å². The minimum atomic E-state index is -2.67. The molecule has 680 valence electrons. The molecule has 2 amide bonds. The van der Waals surface area contributed by atoms with Crippen molar-refractivity contribution in [3.8, 4) is 0 Å². The first kappa shape index (κ1) is 96.2. The normalized spacial score (nSPS) is 51.5. The lowest BCUT2D eigenvalue weighted by atomic mass is 9.94. The van der Waals surface area contributed by atoms with E-state index in [-0.39, 0.29) is 0 Å². The second kappa shape index (κ2) is 41.9. The number of aliphatic hydroxyl groups is 30. The molecule has 0 saturated carbocycles. The van der Waals surface area contributed by atoms with Gasteiger partial charge in [-0.2, -0.15) is 0 Å². The second-order valence-electron chi connectivity index (χ2n) is 29.5. The Hall–Kier alpha value is -3.02. The van der Waals surface area contributed by atoms with Gasteiger partial charge < -0.3 is 254 Å². The number of carbonyl (C=O) groups excluding carboxylic acids is 2. The zero-order valence-electron chi connectivity index (χ0n) is 61.9. The van der Waals surface area contributed by atoms with Gasteiger partial charge in [-0.15, -0.1) is 0 Å². The topological polar surface area (TPSA) is 840 Å². The molecule has 53 nitrogen and oxygen atoms in total. The van der Waals surface area contributed by atoms with Crippen LogP contribution in [0.4, 0.5) is 0 Å². The summed E-state index contributed by atoms with van der Waals surface area (Å²) in [7, 11) is 0. The summed E-state index contributed by atoms with van der Waals surface area (Å²) in [5.74, 6) is -1.76. The van der Waals surface area contributed by atoms with E-state index >= 15 is 0 Å². The van der Waals surface area contributed by atoms with E-state index < -0.39 is 385 Å². The number of amides is 2. The van der Waals surface area contributed by atoms with Crippen LogP contribution in [0.15, 0.2) is 0 Å². The largest absolute Gasteiger partial charge is 0.394 e. The van der Waals surface area contributed by atoms with Crippen LogP contribution < -0.4 is 10.6 Å². The van der Waals surface area contributed by atoms with Crippen molar-refractivity contribution >= 4 is 11.8 Å². The highest BCUT2D eigenvalue weighted by Crippen LogP contribution is 2.41. The smallest absolute Gasteiger partial charge is 0.217 e. The predicted octanol–water partition coefficient (Wildman–Crippen LogP) is -22.5. The molecule has 0 bridgehead atoms. The average molecular weight is 1720 g/mol. The Kier molecular flexibility index (Phi) is 34.4. The lowest BCUT2D eigenvalue weighted by Gasteiger charge is -2.51. The van der Waals surface area contributed by atoms with Gasteiger partial charge in [0.05, 0.1) is 66.1 Å². The van der Waals surface area contributed by atoms with Crippen LogP contribution in [-0.4, -0.2) is 538 Å². The number of hydrogen-bond donors (Lipinski definition) is 32. The second-order valence-corrected chi connectivity index (χ2v) is 29.5. The van der Waals surface area contributed by atoms with E-state index in [0.717, 1.165) is 13.8 Å². The van der Waals surface area contributed by atoms with Gasteiger partial charge in [0.25, 0.3) is 0 Å². The highest BCUT2D eigenvalue weighted by atomic mass is 16.8. The molecule has 117 heavy (non-hydrogen) atoms. The molecule has 0 spiro atoms. The Morgan fingerprint density at radius 3 is 0.897 bits per heavy atom. The molecule has 32 N–H and O–H groups in total. The first-order valence-electron chi connectivity index (χ1n) is 37.2. The maximum Gasteiger partial charge on any atom is 0.217 e. The molecular weight excluding hydrogens is 1610 g/mol. The maximum atomic E-state index is 13.0. The molecule has 10 aliphatic heterocycles. The highest BCUT2D eigenvalue weighted by molar-refractivity contribution is 5.73. The lowest BCUT2D eigenvalue weighted by Crippen LogP contribution is -2.70. The van der Waals surface area contributed by atoms with Gasteiger partial charge in [0.1, 0.15) is 244 Å². The van der Waals surface area contributed by atoms with Gasteiger partial charge in [0.2, 0.25) is 11.8 Å². The van der Waals surface area contributed by atoms with Crippen molar-refractivity contribution in [3.63, 3.8) is 0 Å². The first-order valence-corrected chi connectivity index (χ1v) is 37.2. The summed E-state index contributed by atoms with van der Waals surface area (Å²) in [6.07, 6.45) is -104. The van der Waals surface area contributed by atoms with Gasteiger partial charge in [-0.25, -0.2) is 0 Å². The van der Waals surface area contributed by atoms with Gasteiger partial charge in [0, 0.05) is 13.8 Å². The Balaban J connectivity index is 1.01. The minimum Gasteiger partial charge on any atom is -0.394 e. The van der Waals surface area contributed by atoms with E-state index in [0.29, 0.717) is 0 Å². The summed E-state index contributed by atoms with van der Waals surface area (Å²) >= 11 is 0. The van der Waals surface area contributed by atoms with Gasteiger partial charge >= 0.3 is 0 Å². The molecule has 50 atom stereocenters. The van der Waals surface area contributed by atoms with Crippen LogP contribution in [0.25, 0.3) is 0 Å². The predicted molar refractivity (Wildman–Crippen MR) is 353 cm³/mol. The van der Waals surface area contributed by atoms with E-state index in [9.17, 15) is 163 Å².